The van der Waals surface area contributed by atoms with Gasteiger partial charge in [0.15, 0.2) is 6.61 Å². The van der Waals surface area contributed by atoms with Gasteiger partial charge >= 0.3 is 5.97 Å². The topological polar surface area (TPSA) is 46.6 Å². The van der Waals surface area contributed by atoms with Crippen LogP contribution in [0.5, 0.6) is 0 Å². The van der Waals surface area contributed by atoms with E-state index in [1.807, 2.05) is 51.1 Å². The van der Waals surface area contributed by atoms with Crippen LogP contribution in [0.1, 0.15) is 27.0 Å². The summed E-state index contributed by atoms with van der Waals surface area (Å²) in [7, 11) is 1.67. The summed E-state index contributed by atoms with van der Waals surface area (Å²) in [6.07, 6.45) is 0. The van der Waals surface area contributed by atoms with E-state index in [4.69, 9.17) is 4.74 Å². The molecule has 2 aromatic rings. The van der Waals surface area contributed by atoms with E-state index < -0.39 is 5.97 Å². The zero-order valence-electron chi connectivity index (χ0n) is 13.9. The van der Waals surface area contributed by atoms with Crippen molar-refractivity contribution < 1.29 is 14.3 Å². The Hall–Kier alpha value is -2.62. The predicted molar refractivity (Wildman–Crippen MR) is 90.8 cm³/mol. The Morgan fingerprint density at radius 2 is 1.74 bits per heavy atom. The maximum Gasteiger partial charge on any atom is 0.338 e. The lowest BCUT2D eigenvalue weighted by atomic mass is 10.1. The van der Waals surface area contributed by atoms with Gasteiger partial charge in [0.25, 0.3) is 5.91 Å². The number of amides is 1. The number of hydrogen-bond donors (Lipinski definition) is 0. The first kappa shape index (κ1) is 16.7. The van der Waals surface area contributed by atoms with E-state index in [1.165, 1.54) is 4.90 Å². The Morgan fingerprint density at radius 1 is 1.00 bits per heavy atom. The fourth-order valence-electron chi connectivity index (χ4n) is 2.16. The van der Waals surface area contributed by atoms with Crippen LogP contribution in [0, 0.1) is 20.8 Å². The minimum Gasteiger partial charge on any atom is -0.452 e. The zero-order valence-corrected chi connectivity index (χ0v) is 13.9. The summed E-state index contributed by atoms with van der Waals surface area (Å²) in [6.45, 7) is 5.59. The first-order valence-electron chi connectivity index (χ1n) is 7.46. The maximum absolute atomic E-state index is 12.2. The van der Waals surface area contributed by atoms with Crippen LogP contribution in [0.15, 0.2) is 42.5 Å². The summed E-state index contributed by atoms with van der Waals surface area (Å²) < 4.78 is 5.13. The molecule has 2 rings (SSSR count). The maximum atomic E-state index is 12.2. The first-order chi connectivity index (χ1) is 10.9. The average molecular weight is 311 g/mol. The summed E-state index contributed by atoms with van der Waals surface area (Å²) >= 11 is 0. The molecule has 0 atom stereocenters. The van der Waals surface area contributed by atoms with Crippen molar-refractivity contribution in [2.45, 2.75) is 20.8 Å². The Bertz CT molecular complexity index is 737. The number of anilines is 1. The summed E-state index contributed by atoms with van der Waals surface area (Å²) in [5, 5.41) is 0. The van der Waals surface area contributed by atoms with Crippen LogP contribution in [0.4, 0.5) is 5.69 Å². The van der Waals surface area contributed by atoms with Crippen LogP contribution in [0.25, 0.3) is 0 Å². The second-order valence-corrected chi connectivity index (χ2v) is 5.67. The third-order valence-corrected chi connectivity index (χ3v) is 3.83. The van der Waals surface area contributed by atoms with Gasteiger partial charge in [0.1, 0.15) is 0 Å². The number of aryl methyl sites for hydroxylation is 3. The summed E-state index contributed by atoms with van der Waals surface area (Å²) in [6, 6.07) is 12.9. The van der Waals surface area contributed by atoms with Crippen molar-refractivity contribution in [2.75, 3.05) is 18.6 Å². The Kier molecular flexibility index (Phi) is 5.16. The van der Waals surface area contributed by atoms with Crippen molar-refractivity contribution in [3.8, 4) is 0 Å². The minimum absolute atomic E-state index is 0.271. The van der Waals surface area contributed by atoms with Gasteiger partial charge in [0.05, 0.1) is 5.56 Å². The molecule has 1 amide bonds. The number of esters is 1. The molecule has 0 N–H and O–H groups in total. The lowest BCUT2D eigenvalue weighted by Gasteiger charge is -2.17. The summed E-state index contributed by atoms with van der Waals surface area (Å²) in [4.78, 5) is 25.7. The van der Waals surface area contributed by atoms with Crippen molar-refractivity contribution in [3.05, 3.63) is 64.7 Å². The molecule has 0 aliphatic heterocycles. The van der Waals surface area contributed by atoms with E-state index in [9.17, 15) is 9.59 Å². The molecule has 0 aromatic heterocycles. The lowest BCUT2D eigenvalue weighted by Crippen LogP contribution is -2.31. The quantitative estimate of drug-likeness (QED) is 0.813. The highest BCUT2D eigenvalue weighted by Gasteiger charge is 2.15. The number of hydrogen-bond acceptors (Lipinski definition) is 3. The largest absolute Gasteiger partial charge is 0.452 e. The molecule has 4 heteroatoms. The number of nitrogens with zero attached hydrogens (tertiary/aromatic N) is 1. The second-order valence-electron chi connectivity index (χ2n) is 5.67. The smallest absolute Gasteiger partial charge is 0.338 e. The van der Waals surface area contributed by atoms with E-state index in [1.54, 1.807) is 19.2 Å². The van der Waals surface area contributed by atoms with Gasteiger partial charge in [-0.15, -0.1) is 0 Å². The van der Waals surface area contributed by atoms with Gasteiger partial charge in [0.2, 0.25) is 0 Å². The molecule has 2 aromatic carbocycles. The SMILES string of the molecule is Cc1cccc(N(C)C(=O)COC(=O)c2ccc(C)c(C)c2)c1. The van der Waals surface area contributed by atoms with E-state index >= 15 is 0 Å². The Labute approximate surface area is 136 Å². The standard InChI is InChI=1S/C19H21NO3/c1-13-6-5-7-17(10-13)20(4)18(21)12-23-19(22)16-9-8-14(2)15(3)11-16/h5-11H,12H2,1-4H3. The molecular formula is C19H21NO3. The van der Waals surface area contributed by atoms with Crippen molar-refractivity contribution in [1.82, 2.24) is 0 Å². The van der Waals surface area contributed by atoms with E-state index in [-0.39, 0.29) is 12.5 Å². The van der Waals surface area contributed by atoms with Gasteiger partial charge in [-0.3, -0.25) is 4.79 Å². The molecule has 0 spiro atoms. The molecule has 0 unspecified atom stereocenters. The van der Waals surface area contributed by atoms with E-state index in [0.717, 1.165) is 22.4 Å². The molecule has 0 bridgehead atoms. The highest BCUT2D eigenvalue weighted by Crippen LogP contribution is 2.15. The normalized spacial score (nSPS) is 10.3. The second kappa shape index (κ2) is 7.09. The molecule has 4 nitrogen and oxygen atoms in total. The molecule has 0 heterocycles. The number of carbonyl (C=O) groups is 2. The lowest BCUT2D eigenvalue weighted by molar-refractivity contribution is -0.121. The van der Waals surface area contributed by atoms with Crippen molar-refractivity contribution in [3.63, 3.8) is 0 Å². The molecule has 0 saturated carbocycles. The first-order valence-corrected chi connectivity index (χ1v) is 7.46. The van der Waals surface area contributed by atoms with Gasteiger partial charge in [-0.05, 0) is 61.7 Å². The molecule has 0 aliphatic rings. The number of benzene rings is 2. The van der Waals surface area contributed by atoms with Crippen LogP contribution in [-0.2, 0) is 9.53 Å². The molecule has 0 fully saturated rings. The number of carbonyl (C=O) groups excluding carboxylic acids is 2. The molecular weight excluding hydrogens is 290 g/mol. The van der Waals surface area contributed by atoms with Crippen molar-refractivity contribution in [2.24, 2.45) is 0 Å². The van der Waals surface area contributed by atoms with Crippen molar-refractivity contribution in [1.29, 1.82) is 0 Å². The van der Waals surface area contributed by atoms with E-state index in [0.29, 0.717) is 5.56 Å². The predicted octanol–water partition coefficient (Wildman–Crippen LogP) is 3.43. The van der Waals surface area contributed by atoms with Crippen LogP contribution in [0.3, 0.4) is 0 Å². The molecule has 0 aliphatic carbocycles. The third kappa shape index (κ3) is 4.19. The van der Waals surface area contributed by atoms with Crippen molar-refractivity contribution >= 4 is 17.6 Å². The average Bonchev–Trinajstić information content (AvgIpc) is 2.54. The minimum atomic E-state index is -0.487. The van der Waals surface area contributed by atoms with Crippen LogP contribution >= 0.6 is 0 Å². The molecule has 120 valence electrons. The van der Waals surface area contributed by atoms with Crippen LogP contribution in [-0.4, -0.2) is 25.5 Å². The van der Waals surface area contributed by atoms with Gasteiger partial charge in [0, 0.05) is 12.7 Å². The van der Waals surface area contributed by atoms with Crippen LogP contribution in [0.2, 0.25) is 0 Å². The Balaban J connectivity index is 1.98. The monoisotopic (exact) mass is 311 g/mol. The highest BCUT2D eigenvalue weighted by molar-refractivity contribution is 5.96. The van der Waals surface area contributed by atoms with E-state index in [2.05, 4.69) is 0 Å². The number of ether oxygens (including phenoxy) is 1. The Morgan fingerprint density at radius 3 is 2.39 bits per heavy atom. The molecule has 23 heavy (non-hydrogen) atoms. The number of likely N-dealkylation sites (N-methyl/N-ethyl adjacent to an activating group) is 1. The third-order valence-electron chi connectivity index (χ3n) is 3.83. The molecule has 0 saturated heterocycles. The summed E-state index contributed by atoms with van der Waals surface area (Å²) in [5.74, 6) is -0.758. The fraction of sp³-hybridized carbons (Fsp3) is 0.263. The molecule has 0 radical (unpaired) electrons. The van der Waals surface area contributed by atoms with Gasteiger partial charge in [-0.2, -0.15) is 0 Å². The van der Waals surface area contributed by atoms with Crippen LogP contribution < -0.4 is 4.90 Å². The van der Waals surface area contributed by atoms with Gasteiger partial charge < -0.3 is 9.64 Å². The van der Waals surface area contributed by atoms with Gasteiger partial charge in [-0.1, -0.05) is 18.2 Å². The van der Waals surface area contributed by atoms with Gasteiger partial charge in [-0.25, -0.2) is 4.79 Å². The fourth-order valence-corrected chi connectivity index (χ4v) is 2.16. The highest BCUT2D eigenvalue weighted by atomic mass is 16.5. The number of rotatable bonds is 4. The summed E-state index contributed by atoms with van der Waals surface area (Å²) in [5.41, 5.74) is 4.42. The zero-order chi connectivity index (χ0) is 17.0.